The zero-order chi connectivity index (χ0) is 22.2. The highest BCUT2D eigenvalue weighted by atomic mass is 35.5. The largest absolute Gasteiger partial charge is 0.334 e. The summed E-state index contributed by atoms with van der Waals surface area (Å²) in [5, 5.41) is 4.98. The Morgan fingerprint density at radius 1 is 1.00 bits per heavy atom. The Labute approximate surface area is 186 Å². The van der Waals surface area contributed by atoms with Crippen molar-refractivity contribution in [2.75, 3.05) is 0 Å². The normalized spacial score (nSPS) is 11.2. The maximum Gasteiger partial charge on any atom is 0.329 e. The minimum absolute atomic E-state index is 0.121. The molecule has 0 saturated carbocycles. The van der Waals surface area contributed by atoms with Crippen molar-refractivity contribution in [2.45, 2.75) is 13.5 Å². The van der Waals surface area contributed by atoms with Crippen LogP contribution in [-0.4, -0.2) is 19.7 Å². The molecule has 0 unspecified atom stereocenters. The molecule has 158 valence electrons. The first-order chi connectivity index (χ1) is 15.5. The van der Waals surface area contributed by atoms with Gasteiger partial charge in [0, 0.05) is 16.1 Å². The fourth-order valence-electron chi connectivity index (χ4n) is 3.59. The summed E-state index contributed by atoms with van der Waals surface area (Å²) >= 11 is 6.02. The number of fused-ring (bicyclic) bond motifs is 1. The van der Waals surface area contributed by atoms with E-state index in [1.807, 2.05) is 37.3 Å². The minimum Gasteiger partial charge on any atom is -0.334 e. The third-order valence-electron chi connectivity index (χ3n) is 5.16. The van der Waals surface area contributed by atoms with Gasteiger partial charge in [-0.1, -0.05) is 52.7 Å². The van der Waals surface area contributed by atoms with E-state index in [2.05, 4.69) is 15.1 Å². The molecule has 7 nitrogen and oxygen atoms in total. The van der Waals surface area contributed by atoms with Crippen LogP contribution in [0.5, 0.6) is 0 Å². The van der Waals surface area contributed by atoms with E-state index in [-0.39, 0.29) is 12.1 Å². The fraction of sp³-hybridized carbons (Fsp3) is 0.0833. The van der Waals surface area contributed by atoms with Gasteiger partial charge in [-0.25, -0.2) is 4.79 Å². The molecule has 3 aromatic carbocycles. The summed E-state index contributed by atoms with van der Waals surface area (Å²) in [7, 11) is 0. The van der Waals surface area contributed by atoms with Gasteiger partial charge in [0.05, 0.1) is 17.4 Å². The molecule has 8 heteroatoms. The lowest BCUT2D eigenvalue weighted by Gasteiger charge is -2.07. The van der Waals surface area contributed by atoms with Crippen LogP contribution < -0.4 is 11.2 Å². The zero-order valence-corrected chi connectivity index (χ0v) is 17.8. The molecule has 0 amide bonds. The van der Waals surface area contributed by atoms with Crippen LogP contribution in [0, 0.1) is 6.92 Å². The SMILES string of the molecule is Cc1cccc(-c2noc(-c3ccc4c(=O)n(Cc5cccc(Cl)c5)c(=O)[nH]c4c3)n2)c1. The van der Waals surface area contributed by atoms with E-state index in [0.717, 1.165) is 21.3 Å². The Morgan fingerprint density at radius 3 is 2.66 bits per heavy atom. The number of nitrogens with zero attached hydrogens (tertiary/aromatic N) is 3. The van der Waals surface area contributed by atoms with Crippen molar-refractivity contribution in [3.63, 3.8) is 0 Å². The molecule has 2 aromatic heterocycles. The van der Waals surface area contributed by atoms with E-state index in [4.69, 9.17) is 16.1 Å². The summed E-state index contributed by atoms with van der Waals surface area (Å²) in [5.41, 5.74) is 2.80. The van der Waals surface area contributed by atoms with Crippen LogP contribution in [0.2, 0.25) is 5.02 Å². The highest BCUT2D eigenvalue weighted by Crippen LogP contribution is 2.24. The molecule has 0 atom stereocenters. The Kier molecular flexibility index (Phi) is 4.95. The monoisotopic (exact) mass is 444 g/mol. The Balaban J connectivity index is 1.53. The lowest BCUT2D eigenvalue weighted by molar-refractivity contribution is 0.432. The molecule has 0 fully saturated rings. The van der Waals surface area contributed by atoms with Crippen molar-refractivity contribution in [2.24, 2.45) is 0 Å². The Bertz CT molecular complexity index is 1580. The van der Waals surface area contributed by atoms with Gasteiger partial charge in [-0.15, -0.1) is 0 Å². The third kappa shape index (κ3) is 3.74. The number of rotatable bonds is 4. The van der Waals surface area contributed by atoms with Gasteiger partial charge in [0.25, 0.3) is 11.4 Å². The van der Waals surface area contributed by atoms with Gasteiger partial charge in [0.2, 0.25) is 5.82 Å². The van der Waals surface area contributed by atoms with Gasteiger partial charge >= 0.3 is 5.69 Å². The first-order valence-corrected chi connectivity index (χ1v) is 10.3. The highest BCUT2D eigenvalue weighted by Gasteiger charge is 2.14. The predicted molar refractivity (Wildman–Crippen MR) is 123 cm³/mol. The molecule has 0 radical (unpaired) electrons. The van der Waals surface area contributed by atoms with Crippen LogP contribution in [0.15, 0.2) is 80.8 Å². The molecule has 5 rings (SSSR count). The molecule has 0 saturated heterocycles. The molecule has 1 N–H and O–H groups in total. The summed E-state index contributed by atoms with van der Waals surface area (Å²) < 4.78 is 6.57. The van der Waals surface area contributed by atoms with Crippen molar-refractivity contribution >= 4 is 22.5 Å². The topological polar surface area (TPSA) is 93.8 Å². The zero-order valence-electron chi connectivity index (χ0n) is 17.0. The van der Waals surface area contributed by atoms with Crippen LogP contribution >= 0.6 is 11.6 Å². The van der Waals surface area contributed by atoms with Crippen molar-refractivity contribution in [1.29, 1.82) is 0 Å². The van der Waals surface area contributed by atoms with Gasteiger partial charge in [0.15, 0.2) is 0 Å². The van der Waals surface area contributed by atoms with Crippen molar-refractivity contribution in [3.8, 4) is 22.8 Å². The minimum atomic E-state index is -0.509. The first-order valence-electron chi connectivity index (χ1n) is 9.90. The van der Waals surface area contributed by atoms with E-state index < -0.39 is 5.69 Å². The number of nitrogens with one attached hydrogen (secondary N) is 1. The van der Waals surface area contributed by atoms with E-state index >= 15 is 0 Å². The molecule has 5 aromatic rings. The lowest BCUT2D eigenvalue weighted by Crippen LogP contribution is -2.35. The predicted octanol–water partition coefficient (Wildman–Crippen LogP) is 4.42. The molecular weight excluding hydrogens is 428 g/mol. The summed E-state index contributed by atoms with van der Waals surface area (Å²) in [5.74, 6) is 0.765. The van der Waals surface area contributed by atoms with Gasteiger partial charge in [-0.2, -0.15) is 4.98 Å². The van der Waals surface area contributed by atoms with Crippen molar-refractivity contribution in [1.82, 2.24) is 19.7 Å². The van der Waals surface area contributed by atoms with E-state index in [9.17, 15) is 9.59 Å². The van der Waals surface area contributed by atoms with Gasteiger partial charge in [-0.3, -0.25) is 9.36 Å². The van der Waals surface area contributed by atoms with Gasteiger partial charge in [0.1, 0.15) is 0 Å². The second-order valence-electron chi connectivity index (χ2n) is 7.50. The number of hydrogen-bond donors (Lipinski definition) is 1. The standard InChI is InChI=1S/C24H17ClN4O3/c1-14-4-2-6-16(10-14)21-27-22(32-28-21)17-8-9-19-20(12-17)26-24(31)29(23(19)30)13-15-5-3-7-18(25)11-15/h2-12H,13H2,1H3,(H,26,31). The average molecular weight is 445 g/mol. The number of H-pyrrole nitrogens is 1. The number of benzene rings is 3. The maximum absolute atomic E-state index is 13.0. The van der Waals surface area contributed by atoms with E-state index in [0.29, 0.717) is 33.2 Å². The average Bonchev–Trinajstić information content (AvgIpc) is 3.27. The van der Waals surface area contributed by atoms with Crippen LogP contribution in [0.3, 0.4) is 0 Å². The molecule has 0 aliphatic carbocycles. The molecule has 32 heavy (non-hydrogen) atoms. The second kappa shape index (κ2) is 7.94. The molecule has 0 aliphatic rings. The number of hydrogen-bond acceptors (Lipinski definition) is 5. The van der Waals surface area contributed by atoms with Crippen LogP contribution in [0.25, 0.3) is 33.7 Å². The number of aromatic nitrogens is 4. The van der Waals surface area contributed by atoms with E-state index in [1.165, 1.54) is 0 Å². The highest BCUT2D eigenvalue weighted by molar-refractivity contribution is 6.30. The molecular formula is C24H17ClN4O3. The lowest BCUT2D eigenvalue weighted by atomic mass is 10.1. The quantitative estimate of drug-likeness (QED) is 0.443. The van der Waals surface area contributed by atoms with Crippen LogP contribution in [-0.2, 0) is 6.54 Å². The first kappa shape index (κ1) is 20.0. The van der Waals surface area contributed by atoms with Gasteiger partial charge in [-0.05, 0) is 48.9 Å². The third-order valence-corrected chi connectivity index (χ3v) is 5.40. The fourth-order valence-corrected chi connectivity index (χ4v) is 3.80. The number of halogens is 1. The van der Waals surface area contributed by atoms with E-state index in [1.54, 1.807) is 36.4 Å². The Hall–Kier alpha value is -3.97. The van der Waals surface area contributed by atoms with Crippen molar-refractivity contribution < 1.29 is 4.52 Å². The summed E-state index contributed by atoms with van der Waals surface area (Å²) in [6.45, 7) is 2.11. The Morgan fingerprint density at radius 2 is 1.84 bits per heavy atom. The molecule has 0 spiro atoms. The molecule has 0 bridgehead atoms. The summed E-state index contributed by atoms with van der Waals surface area (Å²) in [6.07, 6.45) is 0. The summed E-state index contributed by atoms with van der Waals surface area (Å²) in [4.78, 5) is 32.8. The maximum atomic E-state index is 13.0. The second-order valence-corrected chi connectivity index (χ2v) is 7.94. The molecule has 2 heterocycles. The van der Waals surface area contributed by atoms with Crippen molar-refractivity contribution in [3.05, 3.63) is 104 Å². The van der Waals surface area contributed by atoms with Crippen LogP contribution in [0.4, 0.5) is 0 Å². The van der Waals surface area contributed by atoms with Gasteiger partial charge < -0.3 is 9.51 Å². The van der Waals surface area contributed by atoms with Crippen LogP contribution in [0.1, 0.15) is 11.1 Å². The smallest absolute Gasteiger partial charge is 0.329 e. The number of aryl methyl sites for hydroxylation is 1. The number of aromatic amines is 1. The summed E-state index contributed by atoms with van der Waals surface area (Å²) in [6, 6.07) is 19.9. The molecule has 0 aliphatic heterocycles.